The molecule has 4 aromatic rings. The Balaban J connectivity index is 1.53. The summed E-state index contributed by atoms with van der Waals surface area (Å²) in [4.78, 5) is 19.1. The monoisotopic (exact) mass is 462 g/mol. The molecule has 2 heterocycles. The molecule has 1 fully saturated rings. The Kier molecular flexibility index (Phi) is 7.01. The summed E-state index contributed by atoms with van der Waals surface area (Å²) in [6, 6.07) is 35.1. The highest BCUT2D eigenvalue weighted by atomic mass is 16.5. The summed E-state index contributed by atoms with van der Waals surface area (Å²) in [5.41, 5.74) is 3.51. The SMILES string of the molecule is O=C1CCC[C@@H](COC(c2ccccc2)(c2ccccc2)c2ccccc2)N1Cc1ccncc1. The van der Waals surface area contributed by atoms with Crippen LogP contribution in [0.4, 0.5) is 0 Å². The molecule has 1 saturated heterocycles. The average Bonchev–Trinajstić information content (AvgIpc) is 2.93. The minimum Gasteiger partial charge on any atom is -0.359 e. The highest BCUT2D eigenvalue weighted by Gasteiger charge is 2.39. The number of pyridine rings is 1. The summed E-state index contributed by atoms with van der Waals surface area (Å²) in [7, 11) is 0. The molecule has 4 nitrogen and oxygen atoms in total. The molecule has 0 spiro atoms. The number of rotatable bonds is 8. The smallest absolute Gasteiger partial charge is 0.223 e. The van der Waals surface area contributed by atoms with Crippen LogP contribution in [0.5, 0.6) is 0 Å². The first-order valence-electron chi connectivity index (χ1n) is 12.3. The standard InChI is InChI=1S/C31H30N2O2/c34-30-18-10-17-29(33(30)23-25-19-21-32-22-20-25)24-35-31(26-11-4-1-5-12-26,27-13-6-2-7-14-27)28-15-8-3-9-16-28/h1-9,11-16,19-22,29H,10,17-18,23-24H2/t29-/m0/s1. The minimum absolute atomic E-state index is 0.0000676. The summed E-state index contributed by atoms with van der Waals surface area (Å²) in [6.45, 7) is 1.01. The average molecular weight is 463 g/mol. The van der Waals surface area contributed by atoms with Gasteiger partial charge in [-0.3, -0.25) is 9.78 Å². The summed E-state index contributed by atoms with van der Waals surface area (Å²) >= 11 is 0. The molecule has 0 unspecified atom stereocenters. The molecule has 0 aliphatic carbocycles. The van der Waals surface area contributed by atoms with Gasteiger partial charge < -0.3 is 9.64 Å². The van der Waals surface area contributed by atoms with Gasteiger partial charge in [-0.2, -0.15) is 0 Å². The van der Waals surface area contributed by atoms with Crippen LogP contribution in [0.2, 0.25) is 0 Å². The number of piperidine rings is 1. The van der Waals surface area contributed by atoms with Gasteiger partial charge in [0, 0.05) is 25.4 Å². The van der Waals surface area contributed by atoms with Gasteiger partial charge in [0.1, 0.15) is 5.60 Å². The Morgan fingerprint density at radius 2 is 1.29 bits per heavy atom. The van der Waals surface area contributed by atoms with Gasteiger partial charge in [-0.25, -0.2) is 0 Å². The van der Waals surface area contributed by atoms with Crippen molar-refractivity contribution in [2.45, 2.75) is 37.5 Å². The number of carbonyl (C=O) groups is 1. The second kappa shape index (κ2) is 10.7. The third kappa shape index (κ3) is 4.89. The van der Waals surface area contributed by atoms with Crippen LogP contribution in [-0.4, -0.2) is 28.4 Å². The molecule has 0 bridgehead atoms. The van der Waals surface area contributed by atoms with E-state index in [9.17, 15) is 4.79 Å². The number of hydrogen-bond acceptors (Lipinski definition) is 3. The quantitative estimate of drug-likeness (QED) is 0.303. The van der Waals surface area contributed by atoms with Crippen LogP contribution in [0.25, 0.3) is 0 Å². The Bertz CT molecular complexity index is 1120. The van der Waals surface area contributed by atoms with Crippen molar-refractivity contribution in [3.8, 4) is 0 Å². The Labute approximate surface area is 207 Å². The van der Waals surface area contributed by atoms with Crippen molar-refractivity contribution in [2.75, 3.05) is 6.61 Å². The number of benzene rings is 3. The first kappa shape index (κ1) is 23.0. The van der Waals surface area contributed by atoms with E-state index in [1.165, 1.54) is 0 Å². The number of likely N-dealkylation sites (tertiary alicyclic amines) is 1. The van der Waals surface area contributed by atoms with Crippen molar-refractivity contribution in [1.82, 2.24) is 9.88 Å². The number of carbonyl (C=O) groups excluding carboxylic acids is 1. The van der Waals surface area contributed by atoms with E-state index < -0.39 is 5.60 Å². The van der Waals surface area contributed by atoms with Crippen molar-refractivity contribution < 1.29 is 9.53 Å². The van der Waals surface area contributed by atoms with Crippen LogP contribution < -0.4 is 0 Å². The number of aromatic nitrogens is 1. The molecule has 176 valence electrons. The summed E-state index contributed by atoms with van der Waals surface area (Å²) in [5, 5.41) is 0. The van der Waals surface area contributed by atoms with Crippen molar-refractivity contribution in [3.63, 3.8) is 0 Å². The first-order valence-corrected chi connectivity index (χ1v) is 12.3. The lowest BCUT2D eigenvalue weighted by molar-refractivity contribution is -0.140. The Morgan fingerprint density at radius 1 is 0.771 bits per heavy atom. The molecule has 5 rings (SSSR count). The van der Waals surface area contributed by atoms with Gasteiger partial charge >= 0.3 is 0 Å². The fraction of sp³-hybridized carbons (Fsp3) is 0.226. The van der Waals surface area contributed by atoms with E-state index in [0.29, 0.717) is 19.6 Å². The van der Waals surface area contributed by atoms with Gasteiger partial charge in [0.15, 0.2) is 0 Å². The van der Waals surface area contributed by atoms with Crippen molar-refractivity contribution in [2.24, 2.45) is 0 Å². The van der Waals surface area contributed by atoms with Crippen LogP contribution >= 0.6 is 0 Å². The van der Waals surface area contributed by atoms with Gasteiger partial charge in [-0.1, -0.05) is 91.0 Å². The van der Waals surface area contributed by atoms with E-state index in [1.807, 2.05) is 35.2 Å². The highest BCUT2D eigenvalue weighted by molar-refractivity contribution is 5.77. The maximum atomic E-state index is 13.0. The Hall–Kier alpha value is -3.76. The van der Waals surface area contributed by atoms with Crippen LogP contribution in [0.3, 0.4) is 0 Å². The second-order valence-electron chi connectivity index (χ2n) is 9.01. The molecule has 0 saturated carbocycles. The number of nitrogens with zero attached hydrogens (tertiary/aromatic N) is 2. The molecule has 0 N–H and O–H groups in total. The lowest BCUT2D eigenvalue weighted by atomic mass is 9.80. The number of ether oxygens (including phenoxy) is 1. The fourth-order valence-electron chi connectivity index (χ4n) is 5.06. The van der Waals surface area contributed by atoms with Crippen molar-refractivity contribution >= 4 is 5.91 Å². The molecule has 1 aliphatic rings. The van der Waals surface area contributed by atoms with Gasteiger partial charge in [-0.05, 0) is 47.2 Å². The summed E-state index contributed by atoms with van der Waals surface area (Å²) < 4.78 is 7.04. The zero-order valence-corrected chi connectivity index (χ0v) is 19.8. The highest BCUT2D eigenvalue weighted by Crippen LogP contribution is 2.41. The van der Waals surface area contributed by atoms with Crippen LogP contribution in [0, 0.1) is 0 Å². The third-order valence-corrected chi connectivity index (χ3v) is 6.82. The van der Waals surface area contributed by atoms with Crippen LogP contribution in [0.15, 0.2) is 116 Å². The van der Waals surface area contributed by atoms with E-state index in [0.717, 1.165) is 35.1 Å². The van der Waals surface area contributed by atoms with E-state index in [2.05, 4.69) is 77.8 Å². The molecule has 0 radical (unpaired) electrons. The normalized spacial score (nSPS) is 16.3. The maximum Gasteiger partial charge on any atom is 0.223 e. The molecular formula is C31H30N2O2. The van der Waals surface area contributed by atoms with Gasteiger partial charge in [0.05, 0.1) is 12.6 Å². The predicted molar refractivity (Wildman–Crippen MR) is 138 cm³/mol. The van der Waals surface area contributed by atoms with E-state index in [-0.39, 0.29) is 11.9 Å². The van der Waals surface area contributed by atoms with Gasteiger partial charge in [-0.15, -0.1) is 0 Å². The predicted octanol–water partition coefficient (Wildman–Crippen LogP) is 5.97. The third-order valence-electron chi connectivity index (χ3n) is 6.82. The zero-order chi connectivity index (χ0) is 23.9. The molecule has 1 aliphatic heterocycles. The molecule has 4 heteroatoms. The lowest BCUT2D eigenvalue weighted by Crippen LogP contribution is -2.47. The molecule has 35 heavy (non-hydrogen) atoms. The molecular weight excluding hydrogens is 432 g/mol. The van der Waals surface area contributed by atoms with Crippen molar-refractivity contribution in [1.29, 1.82) is 0 Å². The molecule has 1 atom stereocenters. The summed E-state index contributed by atoms with van der Waals surface area (Å²) in [5.74, 6) is 0.186. The van der Waals surface area contributed by atoms with Crippen molar-refractivity contribution in [3.05, 3.63) is 138 Å². The molecule has 1 aromatic heterocycles. The summed E-state index contributed by atoms with van der Waals surface area (Å²) in [6.07, 6.45) is 5.95. The number of amides is 1. The first-order chi connectivity index (χ1) is 17.3. The Morgan fingerprint density at radius 3 is 1.80 bits per heavy atom. The topological polar surface area (TPSA) is 42.4 Å². The van der Waals surface area contributed by atoms with Gasteiger partial charge in [0.2, 0.25) is 5.91 Å². The molecule has 1 amide bonds. The van der Waals surface area contributed by atoms with Gasteiger partial charge in [0.25, 0.3) is 0 Å². The zero-order valence-electron chi connectivity index (χ0n) is 19.8. The molecule has 3 aromatic carbocycles. The fourth-order valence-corrected chi connectivity index (χ4v) is 5.06. The van der Waals surface area contributed by atoms with Crippen LogP contribution in [0.1, 0.15) is 41.5 Å². The second-order valence-corrected chi connectivity index (χ2v) is 9.01. The minimum atomic E-state index is -0.785. The number of hydrogen-bond donors (Lipinski definition) is 0. The largest absolute Gasteiger partial charge is 0.359 e. The lowest BCUT2D eigenvalue weighted by Gasteiger charge is -2.41. The van der Waals surface area contributed by atoms with E-state index in [1.54, 1.807) is 12.4 Å². The van der Waals surface area contributed by atoms with E-state index in [4.69, 9.17) is 4.74 Å². The maximum absolute atomic E-state index is 13.0. The van der Waals surface area contributed by atoms with Crippen LogP contribution in [-0.2, 0) is 21.7 Å². The van der Waals surface area contributed by atoms with E-state index >= 15 is 0 Å².